The van der Waals surface area contributed by atoms with Gasteiger partial charge in [0.05, 0.1) is 25.3 Å². The number of aryl methyl sites for hydroxylation is 1. The molecular weight excluding hydrogens is 366 g/mol. The van der Waals surface area contributed by atoms with E-state index in [9.17, 15) is 4.79 Å². The van der Waals surface area contributed by atoms with Crippen LogP contribution in [0.15, 0.2) is 42.5 Å². The number of hydrogen-bond acceptors (Lipinski definition) is 4. The molecular formula is C21H24ClNO4. The van der Waals surface area contributed by atoms with Gasteiger partial charge in [-0.25, -0.2) is 0 Å². The molecule has 0 aliphatic heterocycles. The van der Waals surface area contributed by atoms with Crippen LogP contribution in [0.5, 0.6) is 17.2 Å². The minimum atomic E-state index is -0.216. The molecule has 0 aliphatic carbocycles. The van der Waals surface area contributed by atoms with Crippen molar-refractivity contribution in [1.82, 2.24) is 5.32 Å². The fraction of sp³-hybridized carbons (Fsp3) is 0.286. The molecule has 0 aliphatic rings. The number of carbonyl (C=O) groups excluding carboxylic acids is 1. The Morgan fingerprint density at radius 2 is 1.93 bits per heavy atom. The lowest BCUT2D eigenvalue weighted by molar-refractivity contribution is -0.116. The Bertz CT molecular complexity index is 788. The quantitative estimate of drug-likeness (QED) is 0.514. The van der Waals surface area contributed by atoms with Crippen molar-refractivity contribution in [2.24, 2.45) is 0 Å². The van der Waals surface area contributed by atoms with Gasteiger partial charge in [-0.2, -0.15) is 0 Å². The van der Waals surface area contributed by atoms with Crippen LogP contribution < -0.4 is 19.5 Å². The number of amides is 1. The van der Waals surface area contributed by atoms with Gasteiger partial charge in [-0.05, 0) is 49.8 Å². The van der Waals surface area contributed by atoms with Crippen molar-refractivity contribution in [2.75, 3.05) is 26.9 Å². The summed E-state index contributed by atoms with van der Waals surface area (Å²) in [4.78, 5) is 11.9. The molecule has 0 aromatic heterocycles. The minimum Gasteiger partial charge on any atom is -0.493 e. The van der Waals surface area contributed by atoms with Crippen molar-refractivity contribution in [3.8, 4) is 17.2 Å². The van der Waals surface area contributed by atoms with Crippen LogP contribution >= 0.6 is 11.6 Å². The van der Waals surface area contributed by atoms with E-state index in [1.807, 2.05) is 38.1 Å². The molecule has 0 bridgehead atoms. The molecule has 144 valence electrons. The van der Waals surface area contributed by atoms with Gasteiger partial charge < -0.3 is 19.5 Å². The summed E-state index contributed by atoms with van der Waals surface area (Å²) in [5.41, 5.74) is 1.91. The van der Waals surface area contributed by atoms with E-state index < -0.39 is 0 Å². The smallest absolute Gasteiger partial charge is 0.244 e. The van der Waals surface area contributed by atoms with Gasteiger partial charge in [0.15, 0.2) is 11.5 Å². The van der Waals surface area contributed by atoms with Crippen molar-refractivity contribution in [2.45, 2.75) is 13.8 Å². The van der Waals surface area contributed by atoms with E-state index in [-0.39, 0.29) is 5.91 Å². The fourth-order valence-electron chi connectivity index (χ4n) is 2.33. The summed E-state index contributed by atoms with van der Waals surface area (Å²) in [6, 6.07) is 11.3. The number of hydrogen-bond donors (Lipinski definition) is 1. The van der Waals surface area contributed by atoms with Crippen LogP contribution in [0.4, 0.5) is 0 Å². The predicted octanol–water partition coefficient (Wildman–Crippen LogP) is 4.26. The van der Waals surface area contributed by atoms with E-state index in [1.165, 1.54) is 11.6 Å². The van der Waals surface area contributed by atoms with Crippen LogP contribution in [0.1, 0.15) is 18.1 Å². The molecule has 2 aromatic rings. The minimum absolute atomic E-state index is 0.216. The molecule has 0 saturated carbocycles. The molecule has 0 fully saturated rings. The summed E-state index contributed by atoms with van der Waals surface area (Å²) in [5.74, 6) is 1.58. The van der Waals surface area contributed by atoms with Gasteiger partial charge in [-0.1, -0.05) is 29.3 Å². The van der Waals surface area contributed by atoms with Gasteiger partial charge in [0, 0.05) is 6.08 Å². The van der Waals surface area contributed by atoms with E-state index in [4.69, 9.17) is 25.8 Å². The third-order valence-electron chi connectivity index (χ3n) is 3.66. The zero-order valence-electron chi connectivity index (χ0n) is 15.8. The van der Waals surface area contributed by atoms with Crippen molar-refractivity contribution in [1.29, 1.82) is 0 Å². The highest BCUT2D eigenvalue weighted by molar-refractivity contribution is 6.32. The molecule has 2 aromatic carbocycles. The van der Waals surface area contributed by atoms with Gasteiger partial charge in [0.2, 0.25) is 5.91 Å². The van der Waals surface area contributed by atoms with Crippen LogP contribution in [0.2, 0.25) is 5.02 Å². The molecule has 0 spiro atoms. The summed E-state index contributed by atoms with van der Waals surface area (Å²) in [6.07, 6.45) is 3.11. The first kappa shape index (κ1) is 20.6. The van der Waals surface area contributed by atoms with E-state index in [1.54, 1.807) is 25.3 Å². The van der Waals surface area contributed by atoms with Crippen LogP contribution in [-0.4, -0.2) is 32.8 Å². The lowest BCUT2D eigenvalue weighted by atomic mass is 10.2. The summed E-state index contributed by atoms with van der Waals surface area (Å²) in [5, 5.41) is 3.20. The third-order valence-corrected chi connectivity index (χ3v) is 3.94. The van der Waals surface area contributed by atoms with E-state index in [0.717, 1.165) is 11.3 Å². The third kappa shape index (κ3) is 6.53. The first-order valence-corrected chi connectivity index (χ1v) is 9.07. The molecule has 0 heterocycles. The number of benzene rings is 2. The average Bonchev–Trinajstić information content (AvgIpc) is 2.66. The highest BCUT2D eigenvalue weighted by Gasteiger charge is 2.10. The maximum absolute atomic E-state index is 11.9. The summed E-state index contributed by atoms with van der Waals surface area (Å²) in [7, 11) is 1.54. The molecule has 6 heteroatoms. The van der Waals surface area contributed by atoms with Gasteiger partial charge in [0.1, 0.15) is 12.4 Å². The second-order valence-corrected chi connectivity index (χ2v) is 6.16. The topological polar surface area (TPSA) is 56.8 Å². The Morgan fingerprint density at radius 3 is 2.59 bits per heavy atom. The molecule has 0 saturated heterocycles. The maximum Gasteiger partial charge on any atom is 0.244 e. The van der Waals surface area contributed by atoms with Crippen LogP contribution in [0, 0.1) is 6.92 Å². The number of nitrogens with one attached hydrogen (secondary N) is 1. The molecule has 1 N–H and O–H groups in total. The molecule has 27 heavy (non-hydrogen) atoms. The Morgan fingerprint density at radius 1 is 1.19 bits per heavy atom. The highest BCUT2D eigenvalue weighted by atomic mass is 35.5. The maximum atomic E-state index is 11.9. The lowest BCUT2D eigenvalue weighted by Crippen LogP contribution is -2.26. The Balaban J connectivity index is 1.85. The number of halogens is 1. The SMILES string of the molecule is CCOc1c(Cl)cc(/C=C/C(=O)NCCOc2ccc(C)cc2)cc1OC. The van der Waals surface area contributed by atoms with Gasteiger partial charge in [-0.15, -0.1) is 0 Å². The first-order chi connectivity index (χ1) is 13.0. The first-order valence-electron chi connectivity index (χ1n) is 8.69. The lowest BCUT2D eigenvalue weighted by Gasteiger charge is -2.11. The summed E-state index contributed by atoms with van der Waals surface area (Å²) < 4.78 is 16.3. The normalized spacial score (nSPS) is 10.7. The van der Waals surface area contributed by atoms with Crippen LogP contribution in [0.3, 0.4) is 0 Å². The van der Waals surface area contributed by atoms with Gasteiger partial charge >= 0.3 is 0 Å². The molecule has 1 amide bonds. The van der Waals surface area contributed by atoms with Gasteiger partial charge in [-0.3, -0.25) is 4.79 Å². The summed E-state index contributed by atoms with van der Waals surface area (Å²) >= 11 is 6.22. The average molecular weight is 390 g/mol. The number of carbonyl (C=O) groups is 1. The summed E-state index contributed by atoms with van der Waals surface area (Å²) in [6.45, 7) is 5.17. The fourth-order valence-corrected chi connectivity index (χ4v) is 2.60. The Kier molecular flexibility index (Phi) is 8.01. The standard InChI is InChI=1S/C21H24ClNO4/c1-4-26-21-18(22)13-16(14-19(21)25-3)7-10-20(24)23-11-12-27-17-8-5-15(2)6-9-17/h5-10,13-14H,4,11-12H2,1-3H3,(H,23,24)/b10-7+. The van der Waals surface area contributed by atoms with Crippen molar-refractivity contribution >= 4 is 23.6 Å². The van der Waals surface area contributed by atoms with E-state index in [0.29, 0.717) is 36.3 Å². The molecule has 2 rings (SSSR count). The van der Waals surface area contributed by atoms with Crippen LogP contribution in [-0.2, 0) is 4.79 Å². The van der Waals surface area contributed by atoms with E-state index in [2.05, 4.69) is 5.32 Å². The number of ether oxygens (including phenoxy) is 3. The predicted molar refractivity (Wildman–Crippen MR) is 108 cm³/mol. The van der Waals surface area contributed by atoms with Crippen LogP contribution in [0.25, 0.3) is 6.08 Å². The van der Waals surface area contributed by atoms with Crippen molar-refractivity contribution in [3.63, 3.8) is 0 Å². The molecule has 5 nitrogen and oxygen atoms in total. The second-order valence-electron chi connectivity index (χ2n) is 5.75. The second kappa shape index (κ2) is 10.5. The monoisotopic (exact) mass is 389 g/mol. The van der Waals surface area contributed by atoms with Crippen molar-refractivity contribution < 1.29 is 19.0 Å². The molecule has 0 atom stereocenters. The number of rotatable bonds is 9. The van der Waals surface area contributed by atoms with Gasteiger partial charge in [0.25, 0.3) is 0 Å². The van der Waals surface area contributed by atoms with E-state index >= 15 is 0 Å². The molecule has 0 unspecified atom stereocenters. The Hall–Kier alpha value is -2.66. The molecule has 0 radical (unpaired) electrons. The zero-order chi connectivity index (χ0) is 19.6. The van der Waals surface area contributed by atoms with Crippen molar-refractivity contribution in [3.05, 3.63) is 58.6 Å². The number of methoxy groups -OCH3 is 1. The zero-order valence-corrected chi connectivity index (χ0v) is 16.5. The highest BCUT2D eigenvalue weighted by Crippen LogP contribution is 2.36. The Labute approximate surface area is 164 Å². The largest absolute Gasteiger partial charge is 0.493 e.